The number of hydrogen-bond donors (Lipinski definition) is 1. The number of benzene rings is 1. The quantitative estimate of drug-likeness (QED) is 0.781. The summed E-state index contributed by atoms with van der Waals surface area (Å²) >= 11 is 0. The molecule has 24 heavy (non-hydrogen) atoms. The summed E-state index contributed by atoms with van der Waals surface area (Å²) in [5.41, 5.74) is 0.636. The Morgan fingerprint density at radius 3 is 2.67 bits per heavy atom. The summed E-state index contributed by atoms with van der Waals surface area (Å²) in [7, 11) is 1.59. The summed E-state index contributed by atoms with van der Waals surface area (Å²) in [6, 6.07) is 7.21. The summed E-state index contributed by atoms with van der Waals surface area (Å²) < 4.78 is 5.17. The van der Waals surface area contributed by atoms with Gasteiger partial charge in [0.05, 0.1) is 7.11 Å². The zero-order chi connectivity index (χ0) is 17.4. The first kappa shape index (κ1) is 18.3. The maximum atomic E-state index is 12.6. The molecule has 0 spiro atoms. The first-order valence-electron chi connectivity index (χ1n) is 8.86. The van der Waals surface area contributed by atoms with E-state index in [2.05, 4.69) is 12.2 Å². The van der Waals surface area contributed by atoms with Crippen LogP contribution >= 0.6 is 0 Å². The van der Waals surface area contributed by atoms with E-state index in [0.29, 0.717) is 24.4 Å². The Morgan fingerprint density at radius 1 is 1.25 bits per heavy atom. The van der Waals surface area contributed by atoms with E-state index in [1.165, 1.54) is 0 Å². The van der Waals surface area contributed by atoms with Gasteiger partial charge >= 0.3 is 0 Å². The van der Waals surface area contributed by atoms with Crippen molar-refractivity contribution in [3.8, 4) is 5.75 Å². The number of carbonyl (C=O) groups excluding carboxylic acids is 2. The summed E-state index contributed by atoms with van der Waals surface area (Å²) in [6.45, 7) is 4.17. The Hall–Kier alpha value is -2.04. The molecular formula is C19H28N2O3. The Bertz CT molecular complexity index is 551. The first-order chi connectivity index (χ1) is 11.7. The number of ether oxygens (including phenoxy) is 1. The van der Waals surface area contributed by atoms with Crippen molar-refractivity contribution >= 4 is 11.8 Å². The fourth-order valence-electron chi connectivity index (χ4n) is 3.01. The summed E-state index contributed by atoms with van der Waals surface area (Å²) in [6.07, 6.45) is 4.80. The number of methoxy groups -OCH3 is 1. The minimum absolute atomic E-state index is 0.00991. The van der Waals surface area contributed by atoms with Crippen LogP contribution in [0.25, 0.3) is 0 Å². The molecule has 0 aromatic heterocycles. The van der Waals surface area contributed by atoms with Crippen LogP contribution in [0.5, 0.6) is 5.75 Å². The third kappa shape index (κ3) is 4.98. The van der Waals surface area contributed by atoms with Gasteiger partial charge in [0.25, 0.3) is 5.91 Å². The number of rotatable bonds is 7. The van der Waals surface area contributed by atoms with Crippen LogP contribution in [0, 0.1) is 5.92 Å². The number of nitrogens with zero attached hydrogens (tertiary/aromatic N) is 1. The Labute approximate surface area is 144 Å². The predicted octanol–water partition coefficient (Wildman–Crippen LogP) is 2.85. The van der Waals surface area contributed by atoms with Crippen LogP contribution in [0.3, 0.4) is 0 Å². The lowest BCUT2D eigenvalue weighted by atomic mass is 9.95. The number of hydrogen-bond acceptors (Lipinski definition) is 3. The molecule has 1 heterocycles. The molecule has 0 atom stereocenters. The smallest absolute Gasteiger partial charge is 0.253 e. The number of unbranched alkanes of at least 4 members (excludes halogenated alkanes) is 2. The Kier molecular flexibility index (Phi) is 7.09. The maximum absolute atomic E-state index is 12.6. The van der Waals surface area contributed by atoms with Crippen molar-refractivity contribution in [3.63, 3.8) is 0 Å². The molecule has 2 rings (SSSR count). The average Bonchev–Trinajstić information content (AvgIpc) is 2.64. The van der Waals surface area contributed by atoms with E-state index >= 15 is 0 Å². The van der Waals surface area contributed by atoms with Crippen molar-refractivity contribution in [2.24, 2.45) is 5.92 Å². The van der Waals surface area contributed by atoms with Gasteiger partial charge in [-0.05, 0) is 37.5 Å². The SMILES string of the molecule is CCCCCNC(=O)C1CCN(C(=O)c2cccc(OC)c2)CC1. The minimum atomic E-state index is 0.00991. The van der Waals surface area contributed by atoms with E-state index in [4.69, 9.17) is 4.74 Å². The van der Waals surface area contributed by atoms with Gasteiger partial charge in [-0.2, -0.15) is 0 Å². The molecule has 0 unspecified atom stereocenters. The lowest BCUT2D eigenvalue weighted by molar-refractivity contribution is -0.126. The van der Waals surface area contributed by atoms with Crippen molar-refractivity contribution in [3.05, 3.63) is 29.8 Å². The molecule has 1 saturated heterocycles. The van der Waals surface area contributed by atoms with E-state index in [0.717, 1.165) is 38.6 Å². The normalized spacial score (nSPS) is 15.2. The molecule has 1 aliphatic heterocycles. The van der Waals surface area contributed by atoms with Crippen molar-refractivity contribution in [1.82, 2.24) is 10.2 Å². The molecule has 5 nitrogen and oxygen atoms in total. The van der Waals surface area contributed by atoms with E-state index in [1.807, 2.05) is 17.0 Å². The maximum Gasteiger partial charge on any atom is 0.253 e. The molecule has 0 bridgehead atoms. The highest BCUT2D eigenvalue weighted by molar-refractivity contribution is 5.94. The van der Waals surface area contributed by atoms with Crippen LogP contribution in [0.2, 0.25) is 0 Å². The van der Waals surface area contributed by atoms with Gasteiger partial charge in [0.15, 0.2) is 0 Å². The van der Waals surface area contributed by atoms with Crippen LogP contribution < -0.4 is 10.1 Å². The number of likely N-dealkylation sites (tertiary alicyclic amines) is 1. The zero-order valence-electron chi connectivity index (χ0n) is 14.7. The first-order valence-corrected chi connectivity index (χ1v) is 8.86. The van der Waals surface area contributed by atoms with Crippen molar-refractivity contribution in [2.45, 2.75) is 39.0 Å². The monoisotopic (exact) mass is 332 g/mol. The molecule has 1 aromatic rings. The highest BCUT2D eigenvalue weighted by Crippen LogP contribution is 2.21. The second-order valence-corrected chi connectivity index (χ2v) is 6.30. The lowest BCUT2D eigenvalue weighted by Gasteiger charge is -2.31. The molecule has 0 radical (unpaired) electrons. The van der Waals surface area contributed by atoms with E-state index < -0.39 is 0 Å². The van der Waals surface area contributed by atoms with Gasteiger partial charge in [-0.25, -0.2) is 0 Å². The number of carbonyl (C=O) groups is 2. The lowest BCUT2D eigenvalue weighted by Crippen LogP contribution is -2.43. The van der Waals surface area contributed by atoms with E-state index in [9.17, 15) is 9.59 Å². The van der Waals surface area contributed by atoms with Crippen LogP contribution in [0.4, 0.5) is 0 Å². The van der Waals surface area contributed by atoms with E-state index in [1.54, 1.807) is 19.2 Å². The van der Waals surface area contributed by atoms with Gasteiger partial charge in [-0.1, -0.05) is 25.8 Å². The highest BCUT2D eigenvalue weighted by atomic mass is 16.5. The standard InChI is InChI=1S/C19H28N2O3/c1-3-4-5-11-20-18(22)15-9-12-21(13-10-15)19(23)16-7-6-8-17(14-16)24-2/h6-8,14-15H,3-5,9-13H2,1-2H3,(H,20,22). The number of amides is 2. The van der Waals surface area contributed by atoms with Crippen molar-refractivity contribution in [1.29, 1.82) is 0 Å². The van der Waals surface area contributed by atoms with Gasteiger partial charge in [-0.3, -0.25) is 9.59 Å². The Balaban J connectivity index is 1.81. The molecule has 1 aromatic carbocycles. The molecule has 132 valence electrons. The van der Waals surface area contributed by atoms with Crippen LogP contribution in [-0.4, -0.2) is 43.5 Å². The molecular weight excluding hydrogens is 304 g/mol. The molecule has 1 aliphatic rings. The fourth-order valence-corrected chi connectivity index (χ4v) is 3.01. The third-order valence-corrected chi connectivity index (χ3v) is 4.55. The van der Waals surface area contributed by atoms with Crippen molar-refractivity contribution < 1.29 is 14.3 Å². The second-order valence-electron chi connectivity index (χ2n) is 6.30. The van der Waals surface area contributed by atoms with Gasteiger partial charge in [0.2, 0.25) is 5.91 Å². The van der Waals surface area contributed by atoms with Gasteiger partial charge in [-0.15, -0.1) is 0 Å². The molecule has 0 saturated carbocycles. The molecule has 1 fully saturated rings. The number of nitrogens with one attached hydrogen (secondary N) is 1. The van der Waals surface area contributed by atoms with E-state index in [-0.39, 0.29) is 17.7 Å². The highest BCUT2D eigenvalue weighted by Gasteiger charge is 2.27. The third-order valence-electron chi connectivity index (χ3n) is 4.55. The van der Waals surface area contributed by atoms with Crippen LogP contribution in [-0.2, 0) is 4.79 Å². The summed E-state index contributed by atoms with van der Waals surface area (Å²) in [5.74, 6) is 0.860. The molecule has 5 heteroatoms. The predicted molar refractivity (Wildman–Crippen MR) is 94.2 cm³/mol. The summed E-state index contributed by atoms with van der Waals surface area (Å²) in [5, 5.41) is 3.02. The molecule has 0 aliphatic carbocycles. The second kappa shape index (κ2) is 9.30. The van der Waals surface area contributed by atoms with Gasteiger partial charge in [0, 0.05) is 31.1 Å². The fraction of sp³-hybridized carbons (Fsp3) is 0.579. The van der Waals surface area contributed by atoms with Crippen molar-refractivity contribution in [2.75, 3.05) is 26.7 Å². The number of piperidine rings is 1. The zero-order valence-corrected chi connectivity index (χ0v) is 14.7. The van der Waals surface area contributed by atoms with Gasteiger partial charge in [0.1, 0.15) is 5.75 Å². The molecule has 1 N–H and O–H groups in total. The Morgan fingerprint density at radius 2 is 2.00 bits per heavy atom. The van der Waals surface area contributed by atoms with Gasteiger partial charge < -0.3 is 15.0 Å². The molecule has 2 amide bonds. The largest absolute Gasteiger partial charge is 0.497 e. The van der Waals surface area contributed by atoms with Crippen LogP contribution in [0.1, 0.15) is 49.4 Å². The summed E-state index contributed by atoms with van der Waals surface area (Å²) in [4.78, 5) is 26.5. The van der Waals surface area contributed by atoms with Crippen LogP contribution in [0.15, 0.2) is 24.3 Å². The average molecular weight is 332 g/mol. The minimum Gasteiger partial charge on any atom is -0.497 e. The topological polar surface area (TPSA) is 58.6 Å².